The van der Waals surface area contributed by atoms with E-state index in [1.807, 2.05) is 44.2 Å². The Balaban J connectivity index is 1.47. The number of Topliss-reactive ketones (excluding diaryl/α,β-unsaturated/α-hetero) is 1. The Morgan fingerprint density at radius 3 is 2.80 bits per heavy atom. The first-order valence-corrected chi connectivity index (χ1v) is 10.8. The summed E-state index contributed by atoms with van der Waals surface area (Å²) in [5.41, 5.74) is 3.45. The van der Waals surface area contributed by atoms with E-state index in [-0.39, 0.29) is 5.78 Å². The third-order valence-corrected chi connectivity index (χ3v) is 6.31. The van der Waals surface area contributed by atoms with Crippen LogP contribution in [-0.4, -0.2) is 30.1 Å². The van der Waals surface area contributed by atoms with Crippen LogP contribution in [0.1, 0.15) is 59.7 Å². The first-order valence-electron chi connectivity index (χ1n) is 10.8. The van der Waals surface area contributed by atoms with Crippen LogP contribution in [0.5, 0.6) is 17.2 Å². The van der Waals surface area contributed by atoms with E-state index in [2.05, 4.69) is 4.90 Å². The smallest absolute Gasteiger partial charge is 0.231 e. The molecular formula is C25H27NO4. The van der Waals surface area contributed by atoms with Crippen molar-refractivity contribution in [2.24, 2.45) is 0 Å². The van der Waals surface area contributed by atoms with Gasteiger partial charge < -0.3 is 14.2 Å². The lowest BCUT2D eigenvalue weighted by Gasteiger charge is -2.34. The SMILES string of the molecule is CCOc1ccccc1/C=C1\Oc2c(cc3c(c2C)OCN(C2CCCC2)C3)C1=O. The van der Waals surface area contributed by atoms with Crippen LogP contribution in [0.2, 0.25) is 0 Å². The van der Waals surface area contributed by atoms with Gasteiger partial charge in [0.05, 0.1) is 12.2 Å². The van der Waals surface area contributed by atoms with Crippen molar-refractivity contribution in [1.29, 1.82) is 0 Å². The molecular weight excluding hydrogens is 378 g/mol. The van der Waals surface area contributed by atoms with Crippen LogP contribution in [-0.2, 0) is 6.54 Å². The normalized spacial score (nSPS) is 20.1. The van der Waals surface area contributed by atoms with E-state index in [1.54, 1.807) is 6.08 Å². The Kier molecular flexibility index (Phi) is 4.99. The van der Waals surface area contributed by atoms with Crippen molar-refractivity contribution in [2.75, 3.05) is 13.3 Å². The van der Waals surface area contributed by atoms with Crippen LogP contribution in [0.25, 0.3) is 6.08 Å². The molecule has 0 spiro atoms. The molecule has 3 aliphatic rings. The number of hydrogen-bond acceptors (Lipinski definition) is 5. The summed E-state index contributed by atoms with van der Waals surface area (Å²) in [6, 6.07) is 10.2. The van der Waals surface area contributed by atoms with E-state index in [1.165, 1.54) is 25.7 Å². The number of allylic oxidation sites excluding steroid dienone is 1. The zero-order valence-electron chi connectivity index (χ0n) is 17.6. The molecule has 2 aromatic carbocycles. The van der Waals surface area contributed by atoms with E-state index in [0.717, 1.165) is 34.7 Å². The molecule has 0 N–H and O–H groups in total. The lowest BCUT2D eigenvalue weighted by molar-refractivity contribution is 0.0570. The maximum absolute atomic E-state index is 13.2. The van der Waals surface area contributed by atoms with E-state index in [9.17, 15) is 4.79 Å². The van der Waals surface area contributed by atoms with Crippen molar-refractivity contribution in [1.82, 2.24) is 4.90 Å². The highest BCUT2D eigenvalue weighted by atomic mass is 16.5. The van der Waals surface area contributed by atoms with Gasteiger partial charge >= 0.3 is 0 Å². The largest absolute Gasteiger partial charge is 0.493 e. The summed E-state index contributed by atoms with van der Waals surface area (Å²) in [6.07, 6.45) is 6.83. The Morgan fingerprint density at radius 1 is 1.20 bits per heavy atom. The Labute approximate surface area is 177 Å². The van der Waals surface area contributed by atoms with Crippen LogP contribution in [0.15, 0.2) is 36.1 Å². The number of benzene rings is 2. The second-order valence-electron chi connectivity index (χ2n) is 8.24. The van der Waals surface area contributed by atoms with Gasteiger partial charge in [0.2, 0.25) is 5.78 Å². The van der Waals surface area contributed by atoms with Gasteiger partial charge in [0, 0.05) is 29.3 Å². The van der Waals surface area contributed by atoms with Crippen molar-refractivity contribution in [3.8, 4) is 17.2 Å². The molecule has 1 aliphatic carbocycles. The minimum absolute atomic E-state index is 0.0832. The predicted octanol–water partition coefficient (Wildman–Crippen LogP) is 5.10. The molecule has 1 saturated carbocycles. The molecule has 5 nitrogen and oxygen atoms in total. The number of ether oxygens (including phenoxy) is 3. The fourth-order valence-electron chi connectivity index (χ4n) is 4.80. The fraction of sp³-hybridized carbons (Fsp3) is 0.400. The standard InChI is InChI=1S/C25H27NO4/c1-3-28-21-11-7-4-8-17(21)13-22-23(27)20-12-18-14-26(19-9-5-6-10-19)15-29-24(18)16(2)25(20)30-22/h4,7-8,11-13,19H,3,5-6,9-10,14-15H2,1-2H3/b22-13-. The highest BCUT2D eigenvalue weighted by Gasteiger charge is 2.35. The van der Waals surface area contributed by atoms with E-state index in [0.29, 0.717) is 36.5 Å². The number of nitrogens with zero attached hydrogens (tertiary/aromatic N) is 1. The summed E-state index contributed by atoms with van der Waals surface area (Å²) in [6.45, 7) is 5.92. The average molecular weight is 405 g/mol. The number of hydrogen-bond donors (Lipinski definition) is 0. The molecule has 156 valence electrons. The second kappa shape index (κ2) is 7.80. The summed E-state index contributed by atoms with van der Waals surface area (Å²) >= 11 is 0. The van der Waals surface area contributed by atoms with Crippen molar-refractivity contribution in [2.45, 2.75) is 52.1 Å². The molecule has 2 aromatic rings. The monoisotopic (exact) mass is 405 g/mol. The summed E-state index contributed by atoms with van der Waals surface area (Å²) in [4.78, 5) is 15.6. The number of carbonyl (C=O) groups excluding carboxylic acids is 1. The van der Waals surface area contributed by atoms with E-state index < -0.39 is 0 Å². The first kappa shape index (κ1) is 19.2. The van der Waals surface area contributed by atoms with Gasteiger partial charge in [-0.15, -0.1) is 0 Å². The first-order chi connectivity index (χ1) is 14.7. The zero-order chi connectivity index (χ0) is 20.7. The van der Waals surface area contributed by atoms with Crippen LogP contribution < -0.4 is 14.2 Å². The molecule has 5 rings (SSSR count). The van der Waals surface area contributed by atoms with Gasteiger partial charge in [-0.05, 0) is 44.9 Å². The Morgan fingerprint density at radius 2 is 2.00 bits per heavy atom. The van der Waals surface area contributed by atoms with Crippen molar-refractivity contribution >= 4 is 11.9 Å². The molecule has 1 fully saturated rings. The summed E-state index contributed by atoms with van der Waals surface area (Å²) in [5.74, 6) is 2.47. The summed E-state index contributed by atoms with van der Waals surface area (Å²) < 4.78 is 17.9. The number of carbonyl (C=O) groups is 1. The van der Waals surface area contributed by atoms with Gasteiger partial charge in [0.15, 0.2) is 5.76 Å². The maximum Gasteiger partial charge on any atom is 0.231 e. The second-order valence-corrected chi connectivity index (χ2v) is 8.24. The number of rotatable bonds is 4. The van der Waals surface area contributed by atoms with Crippen molar-refractivity contribution < 1.29 is 19.0 Å². The molecule has 0 radical (unpaired) electrons. The van der Waals surface area contributed by atoms with Gasteiger partial charge in [-0.3, -0.25) is 9.69 Å². The molecule has 30 heavy (non-hydrogen) atoms. The third kappa shape index (κ3) is 3.27. The van der Waals surface area contributed by atoms with Crippen LogP contribution >= 0.6 is 0 Å². The summed E-state index contributed by atoms with van der Waals surface area (Å²) in [5, 5.41) is 0. The lowest BCUT2D eigenvalue weighted by atomic mass is 9.99. The molecule has 0 saturated heterocycles. The van der Waals surface area contributed by atoms with Crippen LogP contribution in [0, 0.1) is 6.92 Å². The van der Waals surface area contributed by atoms with Crippen molar-refractivity contribution in [3.63, 3.8) is 0 Å². The van der Waals surface area contributed by atoms with Gasteiger partial charge in [0.1, 0.15) is 24.0 Å². The third-order valence-electron chi connectivity index (χ3n) is 6.31. The lowest BCUT2D eigenvalue weighted by Crippen LogP contribution is -2.39. The van der Waals surface area contributed by atoms with Gasteiger partial charge in [-0.2, -0.15) is 0 Å². The molecule has 0 bridgehead atoms. The molecule has 0 unspecified atom stereocenters. The number of fused-ring (bicyclic) bond motifs is 2. The fourth-order valence-corrected chi connectivity index (χ4v) is 4.80. The molecule has 0 atom stereocenters. The minimum Gasteiger partial charge on any atom is -0.493 e. The number of para-hydroxylation sites is 1. The van der Waals surface area contributed by atoms with E-state index >= 15 is 0 Å². The van der Waals surface area contributed by atoms with Crippen LogP contribution in [0.3, 0.4) is 0 Å². The molecule has 0 amide bonds. The molecule has 5 heteroatoms. The number of ketones is 1. The maximum atomic E-state index is 13.2. The Hall–Kier alpha value is -2.79. The zero-order valence-corrected chi connectivity index (χ0v) is 17.6. The molecule has 2 heterocycles. The molecule has 2 aliphatic heterocycles. The quantitative estimate of drug-likeness (QED) is 0.662. The van der Waals surface area contributed by atoms with Gasteiger partial charge in [-0.25, -0.2) is 0 Å². The highest BCUT2D eigenvalue weighted by Crippen LogP contribution is 2.44. The summed E-state index contributed by atoms with van der Waals surface area (Å²) in [7, 11) is 0. The molecule has 0 aromatic heterocycles. The predicted molar refractivity (Wildman–Crippen MR) is 115 cm³/mol. The van der Waals surface area contributed by atoms with Gasteiger partial charge in [0.25, 0.3) is 0 Å². The van der Waals surface area contributed by atoms with Gasteiger partial charge in [-0.1, -0.05) is 31.0 Å². The highest BCUT2D eigenvalue weighted by molar-refractivity contribution is 6.15. The van der Waals surface area contributed by atoms with Crippen LogP contribution in [0.4, 0.5) is 0 Å². The van der Waals surface area contributed by atoms with Crippen molar-refractivity contribution in [3.05, 3.63) is 58.3 Å². The topological polar surface area (TPSA) is 48.0 Å². The minimum atomic E-state index is -0.0832. The van der Waals surface area contributed by atoms with E-state index in [4.69, 9.17) is 14.2 Å². The average Bonchev–Trinajstić information content (AvgIpc) is 3.40. The Bertz CT molecular complexity index is 1020.